The maximum Gasteiger partial charge on any atom is 0.141 e. The van der Waals surface area contributed by atoms with Crippen molar-refractivity contribution in [2.24, 2.45) is 0 Å². The molecule has 0 saturated carbocycles. The second kappa shape index (κ2) is 6.39. The molecule has 2 aromatic rings. The van der Waals surface area contributed by atoms with Gasteiger partial charge in [0.15, 0.2) is 0 Å². The van der Waals surface area contributed by atoms with Crippen LogP contribution < -0.4 is 5.32 Å². The fourth-order valence-electron chi connectivity index (χ4n) is 3.22. The van der Waals surface area contributed by atoms with Crippen LogP contribution in [0.3, 0.4) is 0 Å². The zero-order chi connectivity index (χ0) is 14.7. The average molecular weight is 287 g/mol. The summed E-state index contributed by atoms with van der Waals surface area (Å²) in [6, 6.07) is 2.01. The summed E-state index contributed by atoms with van der Waals surface area (Å²) in [7, 11) is 0. The van der Waals surface area contributed by atoms with Gasteiger partial charge >= 0.3 is 0 Å². The molecule has 2 heterocycles. The molecule has 0 radical (unpaired) electrons. The molecule has 2 aromatic heterocycles. The first-order valence-corrected chi connectivity index (χ1v) is 7.77. The second-order valence-corrected chi connectivity index (χ2v) is 5.78. The molecule has 3 rings (SSSR count). The Morgan fingerprint density at radius 2 is 2.24 bits per heavy atom. The van der Waals surface area contributed by atoms with Crippen LogP contribution in [0, 0.1) is 5.82 Å². The minimum absolute atomic E-state index is 0.272. The lowest BCUT2D eigenvalue weighted by Crippen LogP contribution is -2.20. The molecule has 1 atom stereocenters. The first-order chi connectivity index (χ1) is 10.3. The standard InChI is InChI=1S/C17H22FN3/c1-2-20-17-6-4-3-5-14-11-21(12-16(14)17)10-13-7-15(18)9-19-8-13/h7-9,11-12,17,20H,2-6,10H2,1H3. The highest BCUT2D eigenvalue weighted by molar-refractivity contribution is 5.30. The summed E-state index contributed by atoms with van der Waals surface area (Å²) < 4.78 is 15.4. The molecule has 112 valence electrons. The van der Waals surface area contributed by atoms with Crippen LogP contribution in [-0.4, -0.2) is 16.1 Å². The number of fused-ring (bicyclic) bond motifs is 1. The normalized spacial score (nSPS) is 18.3. The fourth-order valence-corrected chi connectivity index (χ4v) is 3.22. The van der Waals surface area contributed by atoms with Gasteiger partial charge in [0.2, 0.25) is 0 Å². The second-order valence-electron chi connectivity index (χ2n) is 5.78. The Labute approximate surface area is 125 Å². The number of aromatic nitrogens is 2. The van der Waals surface area contributed by atoms with Crippen LogP contribution in [-0.2, 0) is 13.0 Å². The van der Waals surface area contributed by atoms with E-state index in [0.29, 0.717) is 12.6 Å². The van der Waals surface area contributed by atoms with Crippen molar-refractivity contribution in [3.8, 4) is 0 Å². The van der Waals surface area contributed by atoms with Crippen molar-refractivity contribution in [2.45, 2.75) is 45.2 Å². The first kappa shape index (κ1) is 14.3. The monoisotopic (exact) mass is 287 g/mol. The topological polar surface area (TPSA) is 29.9 Å². The van der Waals surface area contributed by atoms with Gasteiger partial charge in [0.1, 0.15) is 5.82 Å². The largest absolute Gasteiger partial charge is 0.349 e. The number of pyridine rings is 1. The lowest BCUT2D eigenvalue weighted by atomic mass is 10.0. The lowest BCUT2D eigenvalue weighted by molar-refractivity contribution is 0.502. The maximum absolute atomic E-state index is 13.2. The molecule has 4 heteroatoms. The van der Waals surface area contributed by atoms with Crippen LogP contribution in [0.5, 0.6) is 0 Å². The van der Waals surface area contributed by atoms with Crippen molar-refractivity contribution in [2.75, 3.05) is 6.54 Å². The van der Waals surface area contributed by atoms with Crippen LogP contribution in [0.25, 0.3) is 0 Å². The molecule has 0 amide bonds. The smallest absolute Gasteiger partial charge is 0.141 e. The van der Waals surface area contributed by atoms with Crippen molar-refractivity contribution >= 4 is 0 Å². The van der Waals surface area contributed by atoms with E-state index in [2.05, 4.69) is 34.2 Å². The van der Waals surface area contributed by atoms with Crippen LogP contribution in [0.2, 0.25) is 0 Å². The fraction of sp³-hybridized carbons (Fsp3) is 0.471. The number of rotatable bonds is 4. The van der Waals surface area contributed by atoms with E-state index in [4.69, 9.17) is 0 Å². The van der Waals surface area contributed by atoms with E-state index in [1.165, 1.54) is 36.6 Å². The highest BCUT2D eigenvalue weighted by Gasteiger charge is 2.19. The highest BCUT2D eigenvalue weighted by Crippen LogP contribution is 2.29. The Morgan fingerprint density at radius 3 is 3.05 bits per heavy atom. The zero-order valence-corrected chi connectivity index (χ0v) is 12.5. The molecule has 0 aromatic carbocycles. The van der Waals surface area contributed by atoms with Gasteiger partial charge in [-0.2, -0.15) is 0 Å². The molecule has 21 heavy (non-hydrogen) atoms. The number of nitrogens with one attached hydrogen (secondary N) is 1. The Kier molecular flexibility index (Phi) is 4.34. The lowest BCUT2D eigenvalue weighted by Gasteiger charge is -2.15. The zero-order valence-electron chi connectivity index (χ0n) is 12.5. The number of hydrogen-bond donors (Lipinski definition) is 1. The molecule has 1 aliphatic carbocycles. The average Bonchev–Trinajstić information content (AvgIpc) is 2.76. The summed E-state index contributed by atoms with van der Waals surface area (Å²) in [5.41, 5.74) is 3.75. The van der Waals surface area contributed by atoms with Crippen molar-refractivity contribution in [3.63, 3.8) is 0 Å². The number of halogens is 1. The van der Waals surface area contributed by atoms with E-state index in [1.807, 2.05) is 0 Å². The Balaban J connectivity index is 1.83. The molecule has 1 N–H and O–H groups in total. The van der Waals surface area contributed by atoms with E-state index >= 15 is 0 Å². The van der Waals surface area contributed by atoms with Gasteiger partial charge < -0.3 is 9.88 Å². The summed E-state index contributed by atoms with van der Waals surface area (Å²) in [6.45, 7) is 3.82. The molecule has 0 fully saturated rings. The molecular weight excluding hydrogens is 265 g/mol. The van der Waals surface area contributed by atoms with Gasteiger partial charge in [0, 0.05) is 31.2 Å². The van der Waals surface area contributed by atoms with Gasteiger partial charge in [-0.25, -0.2) is 4.39 Å². The van der Waals surface area contributed by atoms with E-state index in [-0.39, 0.29) is 5.82 Å². The van der Waals surface area contributed by atoms with Crippen LogP contribution >= 0.6 is 0 Å². The van der Waals surface area contributed by atoms with Crippen LogP contribution in [0.1, 0.15) is 48.9 Å². The number of aryl methyl sites for hydroxylation is 1. The maximum atomic E-state index is 13.2. The van der Waals surface area contributed by atoms with Crippen molar-refractivity contribution < 1.29 is 4.39 Å². The summed E-state index contributed by atoms with van der Waals surface area (Å²) in [5.74, 6) is -0.272. The molecule has 3 nitrogen and oxygen atoms in total. The third-order valence-electron chi connectivity index (χ3n) is 4.14. The predicted octanol–water partition coefficient (Wildman–Crippen LogP) is 3.45. The Hall–Kier alpha value is -1.68. The molecule has 1 aliphatic rings. The summed E-state index contributed by atoms with van der Waals surface area (Å²) in [4.78, 5) is 3.92. The molecule has 0 bridgehead atoms. The third-order valence-corrected chi connectivity index (χ3v) is 4.14. The van der Waals surface area contributed by atoms with E-state index in [9.17, 15) is 4.39 Å². The van der Waals surface area contributed by atoms with E-state index in [0.717, 1.165) is 18.5 Å². The quantitative estimate of drug-likeness (QED) is 0.873. The van der Waals surface area contributed by atoms with Crippen LogP contribution in [0.15, 0.2) is 30.9 Å². The summed E-state index contributed by atoms with van der Waals surface area (Å²) >= 11 is 0. The van der Waals surface area contributed by atoms with Gasteiger partial charge in [0.05, 0.1) is 6.20 Å². The van der Waals surface area contributed by atoms with E-state index in [1.54, 1.807) is 12.3 Å². The first-order valence-electron chi connectivity index (χ1n) is 7.77. The van der Waals surface area contributed by atoms with Crippen molar-refractivity contribution in [1.82, 2.24) is 14.9 Å². The molecule has 0 saturated heterocycles. The molecule has 0 spiro atoms. The van der Waals surface area contributed by atoms with E-state index < -0.39 is 0 Å². The van der Waals surface area contributed by atoms with Gasteiger partial charge in [-0.05, 0) is 48.6 Å². The minimum Gasteiger partial charge on any atom is -0.349 e. The Bertz CT molecular complexity index is 606. The van der Waals surface area contributed by atoms with Gasteiger partial charge in [0.25, 0.3) is 0 Å². The van der Waals surface area contributed by atoms with Crippen molar-refractivity contribution in [3.05, 3.63) is 53.4 Å². The number of hydrogen-bond acceptors (Lipinski definition) is 2. The number of nitrogens with zero attached hydrogens (tertiary/aromatic N) is 2. The minimum atomic E-state index is -0.272. The van der Waals surface area contributed by atoms with Gasteiger partial charge in [-0.1, -0.05) is 13.3 Å². The van der Waals surface area contributed by atoms with Gasteiger partial charge in [-0.15, -0.1) is 0 Å². The SMILES string of the molecule is CCNC1CCCCc2cn(Cc3cncc(F)c3)cc21. The summed E-state index contributed by atoms with van der Waals surface area (Å²) in [6.07, 6.45) is 12.3. The highest BCUT2D eigenvalue weighted by atomic mass is 19.1. The molecule has 0 aliphatic heterocycles. The van der Waals surface area contributed by atoms with Gasteiger partial charge in [-0.3, -0.25) is 4.98 Å². The molecule has 1 unspecified atom stereocenters. The molecular formula is C17H22FN3. The Morgan fingerprint density at radius 1 is 1.33 bits per heavy atom. The predicted molar refractivity (Wildman–Crippen MR) is 81.7 cm³/mol. The van der Waals surface area contributed by atoms with Crippen LogP contribution in [0.4, 0.5) is 4.39 Å². The summed E-state index contributed by atoms with van der Waals surface area (Å²) in [5, 5.41) is 3.58. The van der Waals surface area contributed by atoms with Crippen molar-refractivity contribution in [1.29, 1.82) is 0 Å². The third kappa shape index (κ3) is 3.32.